The first-order valence-corrected chi connectivity index (χ1v) is 13.4. The van der Waals surface area contributed by atoms with Crippen LogP contribution in [-0.4, -0.2) is 44.1 Å². The quantitative estimate of drug-likeness (QED) is 0.234. The van der Waals surface area contributed by atoms with E-state index in [1.807, 2.05) is 6.07 Å². The van der Waals surface area contributed by atoms with Gasteiger partial charge in [-0.15, -0.1) is 22.7 Å². The first-order valence-electron chi connectivity index (χ1n) is 11.4. The molecule has 4 aromatic rings. The Balaban J connectivity index is 1.82. The van der Waals surface area contributed by atoms with Gasteiger partial charge in [0.1, 0.15) is 11.5 Å². The van der Waals surface area contributed by atoms with Crippen LogP contribution in [0.4, 0.5) is 5.82 Å². The number of esters is 1. The Morgan fingerprint density at radius 3 is 2.53 bits per heavy atom. The van der Waals surface area contributed by atoms with Gasteiger partial charge in [0.05, 0.1) is 40.6 Å². The Morgan fingerprint density at radius 1 is 1.16 bits per heavy atom. The fourth-order valence-corrected chi connectivity index (χ4v) is 5.15. The molecule has 0 amide bonds. The maximum Gasteiger partial charge on any atom is 0.355 e. The number of hydrogen-bond donors (Lipinski definition) is 1. The molecule has 0 aliphatic heterocycles. The molecule has 38 heavy (non-hydrogen) atoms. The number of methoxy groups -OCH3 is 1. The van der Waals surface area contributed by atoms with Crippen LogP contribution in [0.2, 0.25) is 4.34 Å². The van der Waals surface area contributed by atoms with Crippen LogP contribution in [0.3, 0.4) is 0 Å². The summed E-state index contributed by atoms with van der Waals surface area (Å²) >= 11 is 8.58. The number of carbonyl (C=O) groups excluding carboxylic acids is 3. The number of aromatic nitrogens is 4. The van der Waals surface area contributed by atoms with E-state index >= 15 is 0 Å². The summed E-state index contributed by atoms with van der Waals surface area (Å²) in [6.45, 7) is 5.29. The maximum atomic E-state index is 13.3. The van der Waals surface area contributed by atoms with Crippen molar-refractivity contribution in [3.63, 3.8) is 0 Å². The second kappa shape index (κ2) is 11.0. The largest absolute Gasteiger partial charge is 0.464 e. The van der Waals surface area contributed by atoms with Gasteiger partial charge in [-0.3, -0.25) is 23.9 Å². The van der Waals surface area contributed by atoms with Crippen LogP contribution >= 0.6 is 34.3 Å². The number of ether oxygens (including phenoxy) is 1. The monoisotopic (exact) mass is 573 g/mol. The van der Waals surface area contributed by atoms with E-state index in [1.54, 1.807) is 32.9 Å². The molecule has 4 heterocycles. The minimum Gasteiger partial charge on any atom is -0.464 e. The highest BCUT2D eigenvalue weighted by Gasteiger charge is 2.29. The number of rotatable bonds is 8. The smallest absolute Gasteiger partial charge is 0.355 e. The van der Waals surface area contributed by atoms with E-state index in [4.69, 9.17) is 16.3 Å². The van der Waals surface area contributed by atoms with Crippen molar-refractivity contribution in [3.05, 3.63) is 72.2 Å². The van der Waals surface area contributed by atoms with Gasteiger partial charge in [-0.1, -0.05) is 32.4 Å². The first kappa shape index (κ1) is 27.4. The van der Waals surface area contributed by atoms with Crippen molar-refractivity contribution in [2.24, 2.45) is 5.41 Å². The molecule has 198 valence electrons. The van der Waals surface area contributed by atoms with Crippen LogP contribution < -0.4 is 10.9 Å². The number of carbonyl (C=O) groups is 3. The topological polar surface area (TPSA) is 125 Å². The zero-order valence-corrected chi connectivity index (χ0v) is 23.4. The van der Waals surface area contributed by atoms with Crippen LogP contribution in [0.15, 0.2) is 46.8 Å². The number of nitrogens with zero attached hydrogens (tertiary/aromatic N) is 4. The molecule has 13 heteroatoms. The second-order valence-electron chi connectivity index (χ2n) is 9.24. The highest BCUT2D eigenvalue weighted by molar-refractivity contribution is 7.16. The summed E-state index contributed by atoms with van der Waals surface area (Å²) < 4.78 is 7.89. The molecule has 0 saturated carbocycles. The molecule has 0 bridgehead atoms. The van der Waals surface area contributed by atoms with Crippen molar-refractivity contribution in [2.75, 3.05) is 12.4 Å². The average Bonchev–Trinajstić information content (AvgIpc) is 3.63. The van der Waals surface area contributed by atoms with Gasteiger partial charge in [0.15, 0.2) is 5.78 Å². The Hall–Kier alpha value is -3.61. The molecule has 0 spiro atoms. The molecular weight excluding hydrogens is 550 g/mol. The molecule has 0 aliphatic rings. The lowest BCUT2D eigenvalue weighted by atomic mass is 9.96. The third kappa shape index (κ3) is 5.77. The lowest BCUT2D eigenvalue weighted by Crippen LogP contribution is -2.30. The number of anilines is 1. The first-order chi connectivity index (χ1) is 18.0. The number of hydrogen-bond acceptors (Lipinski definition) is 10. The number of thiophene rings is 1. The molecule has 1 N–H and O–H groups in total. The van der Waals surface area contributed by atoms with Crippen molar-refractivity contribution in [1.82, 2.24) is 19.3 Å². The standard InChI is InChI=1S/C25H24ClN5O5S2/c1-25(2,3)24(35)31-20(28-10-14-5-7-19(26)38-14)9-16(29-31)15-6-8-21(33)30(22(15)23(34)36-4)12-17(32)18-11-27-13-37-18/h5-9,11,13,28H,10,12H2,1-4H3. The molecule has 4 rings (SSSR count). The lowest BCUT2D eigenvalue weighted by Gasteiger charge is -2.18. The second-order valence-corrected chi connectivity index (χ2v) is 11.9. The SMILES string of the molecule is COC(=O)c1c(-c2cc(NCc3ccc(Cl)s3)n(C(=O)C(C)(C)C)n2)ccc(=O)n1CC(=O)c1cncs1. The van der Waals surface area contributed by atoms with Crippen molar-refractivity contribution in [3.8, 4) is 11.3 Å². The molecule has 0 aromatic carbocycles. The fourth-order valence-electron chi connectivity index (χ4n) is 3.57. The van der Waals surface area contributed by atoms with Gasteiger partial charge in [0.25, 0.3) is 11.5 Å². The van der Waals surface area contributed by atoms with Gasteiger partial charge in [-0.25, -0.2) is 4.79 Å². The summed E-state index contributed by atoms with van der Waals surface area (Å²) in [4.78, 5) is 57.0. The third-order valence-corrected chi connectivity index (χ3v) is 7.51. The zero-order valence-electron chi connectivity index (χ0n) is 21.0. The van der Waals surface area contributed by atoms with Crippen LogP contribution in [0.5, 0.6) is 0 Å². The minimum absolute atomic E-state index is 0.151. The summed E-state index contributed by atoms with van der Waals surface area (Å²) in [5.74, 6) is -1.11. The summed E-state index contributed by atoms with van der Waals surface area (Å²) in [7, 11) is 1.18. The molecule has 0 radical (unpaired) electrons. The van der Waals surface area contributed by atoms with Crippen molar-refractivity contribution in [2.45, 2.75) is 33.9 Å². The van der Waals surface area contributed by atoms with E-state index in [0.717, 1.165) is 20.8 Å². The Bertz CT molecular complexity index is 1560. The Morgan fingerprint density at radius 2 is 1.92 bits per heavy atom. The molecule has 0 aliphatic carbocycles. The number of halogens is 1. The molecular formula is C25H24ClN5O5S2. The highest BCUT2D eigenvalue weighted by atomic mass is 35.5. The predicted octanol–water partition coefficient (Wildman–Crippen LogP) is 4.85. The van der Waals surface area contributed by atoms with Gasteiger partial charge >= 0.3 is 5.97 Å². The van der Waals surface area contributed by atoms with Gasteiger partial charge in [0, 0.05) is 34.2 Å². The van der Waals surface area contributed by atoms with Crippen LogP contribution in [-0.2, 0) is 17.8 Å². The summed E-state index contributed by atoms with van der Waals surface area (Å²) in [6, 6.07) is 7.94. The molecule has 10 nitrogen and oxygen atoms in total. The van der Waals surface area contributed by atoms with Crippen LogP contribution in [0, 0.1) is 5.41 Å². The van der Waals surface area contributed by atoms with Gasteiger partial charge in [0.2, 0.25) is 0 Å². The molecule has 0 unspecified atom stereocenters. The van der Waals surface area contributed by atoms with Crippen molar-refractivity contribution >= 4 is 57.8 Å². The number of thiazole rings is 1. The van der Waals surface area contributed by atoms with Crippen molar-refractivity contribution in [1.29, 1.82) is 0 Å². The number of Topliss-reactive ketones (excluding diaryl/α,β-unsaturated/α-hetero) is 1. The molecule has 0 saturated heterocycles. The number of pyridine rings is 1. The maximum absolute atomic E-state index is 13.3. The highest BCUT2D eigenvalue weighted by Crippen LogP contribution is 2.29. The zero-order chi connectivity index (χ0) is 27.6. The molecule has 0 atom stereocenters. The molecule has 4 aromatic heterocycles. The predicted molar refractivity (Wildman–Crippen MR) is 146 cm³/mol. The van der Waals surface area contributed by atoms with E-state index in [2.05, 4.69) is 15.4 Å². The number of ketones is 1. The summed E-state index contributed by atoms with van der Waals surface area (Å²) in [6.07, 6.45) is 1.40. The van der Waals surface area contributed by atoms with E-state index in [1.165, 1.54) is 47.0 Å². The van der Waals surface area contributed by atoms with E-state index in [9.17, 15) is 19.2 Å². The van der Waals surface area contributed by atoms with Gasteiger partial charge in [-0.2, -0.15) is 9.78 Å². The number of nitrogens with one attached hydrogen (secondary N) is 1. The fraction of sp³-hybridized carbons (Fsp3) is 0.280. The summed E-state index contributed by atoms with van der Waals surface area (Å²) in [5, 5.41) is 7.72. The summed E-state index contributed by atoms with van der Waals surface area (Å²) in [5.41, 5.74) is 0.500. The minimum atomic E-state index is -0.825. The third-order valence-electron chi connectivity index (χ3n) is 5.46. The Labute approximate surface area is 230 Å². The average molecular weight is 574 g/mol. The van der Waals surface area contributed by atoms with Crippen LogP contribution in [0.1, 0.15) is 50.6 Å². The van der Waals surface area contributed by atoms with E-state index in [-0.39, 0.29) is 28.6 Å². The van der Waals surface area contributed by atoms with Crippen molar-refractivity contribution < 1.29 is 19.1 Å². The molecule has 0 fully saturated rings. The van der Waals surface area contributed by atoms with E-state index in [0.29, 0.717) is 21.6 Å². The van der Waals surface area contributed by atoms with Gasteiger partial charge < -0.3 is 10.1 Å². The van der Waals surface area contributed by atoms with E-state index < -0.39 is 23.5 Å². The Kier molecular flexibility index (Phi) is 7.95. The van der Waals surface area contributed by atoms with Crippen LogP contribution in [0.25, 0.3) is 11.3 Å². The normalized spacial score (nSPS) is 11.4. The van der Waals surface area contributed by atoms with Gasteiger partial charge in [-0.05, 0) is 18.2 Å². The lowest BCUT2D eigenvalue weighted by molar-refractivity contribution is 0.0587.